The summed E-state index contributed by atoms with van der Waals surface area (Å²) in [5.41, 5.74) is 0. The van der Waals surface area contributed by atoms with Crippen molar-refractivity contribution in [2.45, 2.75) is 39.2 Å². The van der Waals surface area contributed by atoms with Gasteiger partial charge in [-0.1, -0.05) is 6.92 Å². The molecule has 1 saturated heterocycles. The predicted octanol–water partition coefficient (Wildman–Crippen LogP) is 1.01. The van der Waals surface area contributed by atoms with E-state index in [9.17, 15) is 4.79 Å². The third kappa shape index (κ3) is 4.94. The van der Waals surface area contributed by atoms with E-state index in [2.05, 4.69) is 17.1 Å². The minimum absolute atomic E-state index is 0.0963. The lowest BCUT2D eigenvalue weighted by Crippen LogP contribution is -2.42. The van der Waals surface area contributed by atoms with Crippen LogP contribution in [0.5, 0.6) is 0 Å². The minimum Gasteiger partial charge on any atom is -0.466 e. The second-order valence-electron chi connectivity index (χ2n) is 4.22. The summed E-state index contributed by atoms with van der Waals surface area (Å²) in [5.74, 6) is -0.0963. The second kappa shape index (κ2) is 7.63. The molecular weight excluding hydrogens is 204 g/mol. The van der Waals surface area contributed by atoms with Crippen molar-refractivity contribution in [3.63, 3.8) is 0 Å². The third-order valence-corrected chi connectivity index (χ3v) is 3.10. The zero-order valence-electron chi connectivity index (χ0n) is 10.5. The van der Waals surface area contributed by atoms with Crippen molar-refractivity contribution in [2.75, 3.05) is 32.8 Å². The Hall–Kier alpha value is -0.610. The van der Waals surface area contributed by atoms with Crippen LogP contribution in [0, 0.1) is 0 Å². The average Bonchev–Trinajstić information content (AvgIpc) is 2.30. The summed E-state index contributed by atoms with van der Waals surface area (Å²) < 4.78 is 4.88. The van der Waals surface area contributed by atoms with Gasteiger partial charge in [0.25, 0.3) is 0 Å². The van der Waals surface area contributed by atoms with Gasteiger partial charge in [-0.15, -0.1) is 0 Å². The zero-order chi connectivity index (χ0) is 11.8. The molecule has 94 valence electrons. The molecule has 16 heavy (non-hydrogen) atoms. The molecule has 1 aliphatic heterocycles. The van der Waals surface area contributed by atoms with Crippen molar-refractivity contribution in [1.29, 1.82) is 0 Å². The first-order chi connectivity index (χ1) is 7.76. The number of nitrogens with zero attached hydrogens (tertiary/aromatic N) is 1. The normalized spacial score (nSPS) is 18.6. The van der Waals surface area contributed by atoms with Crippen LogP contribution in [0.2, 0.25) is 0 Å². The first kappa shape index (κ1) is 13.5. The number of hydrogen-bond acceptors (Lipinski definition) is 4. The fraction of sp³-hybridized carbons (Fsp3) is 0.917. The lowest BCUT2D eigenvalue weighted by molar-refractivity contribution is -0.143. The summed E-state index contributed by atoms with van der Waals surface area (Å²) in [6.45, 7) is 8.76. The summed E-state index contributed by atoms with van der Waals surface area (Å²) in [4.78, 5) is 13.6. The smallest absolute Gasteiger partial charge is 0.307 e. The van der Waals surface area contributed by atoms with Gasteiger partial charge in [0.05, 0.1) is 13.0 Å². The highest BCUT2D eigenvalue weighted by atomic mass is 16.5. The van der Waals surface area contributed by atoms with Crippen LogP contribution in [0.4, 0.5) is 0 Å². The lowest BCUT2D eigenvalue weighted by Gasteiger charge is -2.31. The molecule has 1 aliphatic rings. The van der Waals surface area contributed by atoms with E-state index < -0.39 is 0 Å². The van der Waals surface area contributed by atoms with Gasteiger partial charge in [0.15, 0.2) is 0 Å². The number of rotatable bonds is 6. The highest BCUT2D eigenvalue weighted by Crippen LogP contribution is 2.09. The standard InChI is InChI=1S/C12H24N2O2/c1-3-14-9-6-11(7-10-14)13-8-5-12(15)16-4-2/h11,13H,3-10H2,1-2H3. The van der Waals surface area contributed by atoms with Gasteiger partial charge in [0.1, 0.15) is 0 Å². The molecule has 0 spiro atoms. The molecule has 0 radical (unpaired) electrons. The van der Waals surface area contributed by atoms with Gasteiger partial charge in [0.2, 0.25) is 0 Å². The van der Waals surface area contributed by atoms with Crippen molar-refractivity contribution < 1.29 is 9.53 Å². The van der Waals surface area contributed by atoms with Crippen molar-refractivity contribution in [3.8, 4) is 0 Å². The third-order valence-electron chi connectivity index (χ3n) is 3.10. The Morgan fingerprint density at radius 3 is 2.62 bits per heavy atom. The Kier molecular flexibility index (Phi) is 6.42. The molecule has 0 aromatic rings. The van der Waals surface area contributed by atoms with Crippen LogP contribution in [0.15, 0.2) is 0 Å². The maximum Gasteiger partial charge on any atom is 0.307 e. The molecular formula is C12H24N2O2. The molecule has 4 nitrogen and oxygen atoms in total. The van der Waals surface area contributed by atoms with Gasteiger partial charge in [-0.25, -0.2) is 0 Å². The van der Waals surface area contributed by atoms with Gasteiger partial charge < -0.3 is 15.0 Å². The van der Waals surface area contributed by atoms with Gasteiger partial charge in [-0.3, -0.25) is 4.79 Å². The number of carbonyl (C=O) groups is 1. The number of carbonyl (C=O) groups excluding carboxylic acids is 1. The monoisotopic (exact) mass is 228 g/mol. The molecule has 0 bridgehead atoms. The summed E-state index contributed by atoms with van der Waals surface area (Å²) >= 11 is 0. The summed E-state index contributed by atoms with van der Waals surface area (Å²) in [7, 11) is 0. The van der Waals surface area contributed by atoms with E-state index in [-0.39, 0.29) is 5.97 Å². The largest absolute Gasteiger partial charge is 0.466 e. The molecule has 0 aliphatic carbocycles. The summed E-state index contributed by atoms with van der Waals surface area (Å²) in [5, 5.41) is 3.43. The first-order valence-electron chi connectivity index (χ1n) is 6.37. The van der Waals surface area contributed by atoms with E-state index in [4.69, 9.17) is 4.74 Å². The minimum atomic E-state index is -0.0963. The molecule has 1 N–H and O–H groups in total. The fourth-order valence-corrected chi connectivity index (χ4v) is 2.06. The van der Waals surface area contributed by atoms with E-state index in [1.165, 1.54) is 25.9 Å². The van der Waals surface area contributed by atoms with Crippen LogP contribution in [0.3, 0.4) is 0 Å². The van der Waals surface area contributed by atoms with Crippen LogP contribution < -0.4 is 5.32 Å². The molecule has 0 aromatic carbocycles. The van der Waals surface area contributed by atoms with Gasteiger partial charge in [0, 0.05) is 12.6 Å². The lowest BCUT2D eigenvalue weighted by atomic mass is 10.1. The van der Waals surface area contributed by atoms with Crippen molar-refractivity contribution in [2.24, 2.45) is 0 Å². The van der Waals surface area contributed by atoms with Crippen molar-refractivity contribution >= 4 is 5.97 Å². The zero-order valence-corrected chi connectivity index (χ0v) is 10.5. The van der Waals surface area contributed by atoms with Crippen molar-refractivity contribution in [3.05, 3.63) is 0 Å². The van der Waals surface area contributed by atoms with Crippen LogP contribution in [0.25, 0.3) is 0 Å². The van der Waals surface area contributed by atoms with E-state index in [0.717, 1.165) is 13.1 Å². The van der Waals surface area contributed by atoms with E-state index in [1.807, 2.05) is 6.92 Å². The molecule has 0 saturated carbocycles. The van der Waals surface area contributed by atoms with Crippen LogP contribution in [0.1, 0.15) is 33.1 Å². The second-order valence-corrected chi connectivity index (χ2v) is 4.22. The Morgan fingerprint density at radius 2 is 2.06 bits per heavy atom. The SMILES string of the molecule is CCOC(=O)CCNC1CCN(CC)CC1. The Balaban J connectivity index is 2.04. The quantitative estimate of drug-likeness (QED) is 0.689. The Labute approximate surface area is 98.3 Å². The molecule has 1 rings (SSSR count). The molecule has 0 unspecified atom stereocenters. The Morgan fingerprint density at radius 1 is 1.38 bits per heavy atom. The van der Waals surface area contributed by atoms with Crippen LogP contribution >= 0.6 is 0 Å². The van der Waals surface area contributed by atoms with Gasteiger partial charge in [-0.2, -0.15) is 0 Å². The van der Waals surface area contributed by atoms with E-state index >= 15 is 0 Å². The molecule has 1 heterocycles. The summed E-state index contributed by atoms with van der Waals surface area (Å²) in [6, 6.07) is 0.581. The number of likely N-dealkylation sites (tertiary alicyclic amines) is 1. The maximum atomic E-state index is 11.1. The Bertz CT molecular complexity index is 201. The topological polar surface area (TPSA) is 41.6 Å². The maximum absolute atomic E-state index is 11.1. The molecule has 0 amide bonds. The van der Waals surface area contributed by atoms with Crippen LogP contribution in [-0.4, -0.2) is 49.7 Å². The fourth-order valence-electron chi connectivity index (χ4n) is 2.06. The molecule has 0 aromatic heterocycles. The highest BCUT2D eigenvalue weighted by Gasteiger charge is 2.17. The number of nitrogens with one attached hydrogen (secondary N) is 1. The van der Waals surface area contributed by atoms with Gasteiger partial charge in [-0.05, 0) is 39.4 Å². The first-order valence-corrected chi connectivity index (χ1v) is 6.37. The molecule has 1 fully saturated rings. The summed E-state index contributed by atoms with van der Waals surface area (Å²) in [6.07, 6.45) is 2.87. The number of esters is 1. The molecule has 0 atom stereocenters. The number of ether oxygens (including phenoxy) is 1. The highest BCUT2D eigenvalue weighted by molar-refractivity contribution is 5.69. The van der Waals surface area contributed by atoms with Crippen LogP contribution in [-0.2, 0) is 9.53 Å². The van der Waals surface area contributed by atoms with Gasteiger partial charge >= 0.3 is 5.97 Å². The van der Waals surface area contributed by atoms with E-state index in [0.29, 0.717) is 19.1 Å². The van der Waals surface area contributed by atoms with E-state index in [1.54, 1.807) is 0 Å². The predicted molar refractivity (Wildman–Crippen MR) is 64.4 cm³/mol. The number of hydrogen-bond donors (Lipinski definition) is 1. The van der Waals surface area contributed by atoms with Crippen molar-refractivity contribution in [1.82, 2.24) is 10.2 Å². The molecule has 4 heteroatoms. The number of piperidine rings is 1. The average molecular weight is 228 g/mol.